The molecule has 5 heteroatoms. The summed E-state index contributed by atoms with van der Waals surface area (Å²) in [4.78, 5) is 21.2. The van der Waals surface area contributed by atoms with E-state index in [0.717, 1.165) is 0 Å². The Morgan fingerprint density at radius 2 is 2.23 bits per heavy atom. The van der Waals surface area contributed by atoms with E-state index in [2.05, 4.69) is 16.6 Å². The van der Waals surface area contributed by atoms with Gasteiger partial charge in [-0.1, -0.05) is 5.92 Å². The zero-order valence-corrected chi connectivity index (χ0v) is 7.33. The summed E-state index contributed by atoms with van der Waals surface area (Å²) in [5.41, 5.74) is 0. The molecule has 13 heavy (non-hydrogen) atoms. The normalized spacial score (nSPS) is 11.4. The Morgan fingerprint density at radius 1 is 1.62 bits per heavy atom. The summed E-state index contributed by atoms with van der Waals surface area (Å²) < 4.78 is 0. The molecule has 0 unspecified atom stereocenters. The maximum Gasteiger partial charge on any atom is 0.320 e. The lowest BCUT2D eigenvalue weighted by Crippen LogP contribution is -2.41. The number of nitrogens with one attached hydrogen (secondary N) is 2. The van der Waals surface area contributed by atoms with Crippen molar-refractivity contribution in [2.75, 3.05) is 13.1 Å². The topological polar surface area (TPSA) is 78.4 Å². The lowest BCUT2D eigenvalue weighted by atomic mass is 10.3. The maximum absolute atomic E-state index is 10.9. The third-order valence-electron chi connectivity index (χ3n) is 1.33. The zero-order valence-electron chi connectivity index (χ0n) is 7.33. The molecule has 1 amide bonds. The second-order valence-corrected chi connectivity index (χ2v) is 2.42. The van der Waals surface area contributed by atoms with Gasteiger partial charge in [0.25, 0.3) is 0 Å². The fourth-order valence-corrected chi connectivity index (χ4v) is 0.545. The van der Waals surface area contributed by atoms with E-state index < -0.39 is 12.0 Å². The Labute approximate surface area is 76.5 Å². The molecule has 0 bridgehead atoms. The first-order chi connectivity index (χ1) is 6.07. The number of hydrogen-bond acceptors (Lipinski definition) is 3. The van der Waals surface area contributed by atoms with Gasteiger partial charge in [-0.25, -0.2) is 0 Å². The van der Waals surface area contributed by atoms with E-state index in [4.69, 9.17) is 11.5 Å². The summed E-state index contributed by atoms with van der Waals surface area (Å²) in [6.07, 6.45) is 4.90. The number of rotatable bonds is 5. The minimum absolute atomic E-state index is 0.0465. The van der Waals surface area contributed by atoms with Gasteiger partial charge >= 0.3 is 5.97 Å². The van der Waals surface area contributed by atoms with Crippen molar-refractivity contribution in [2.45, 2.75) is 13.0 Å². The molecule has 72 valence electrons. The van der Waals surface area contributed by atoms with Crippen LogP contribution in [0.2, 0.25) is 0 Å². The molecule has 0 heterocycles. The van der Waals surface area contributed by atoms with E-state index in [1.807, 2.05) is 0 Å². The van der Waals surface area contributed by atoms with Crippen LogP contribution in [0, 0.1) is 12.3 Å². The molecular formula is C8H12N2O3. The molecule has 3 N–H and O–H groups in total. The summed E-state index contributed by atoms with van der Waals surface area (Å²) in [5, 5.41) is 13.4. The Hall–Kier alpha value is -1.54. The molecule has 0 aliphatic carbocycles. The molecular weight excluding hydrogens is 172 g/mol. The first-order valence-corrected chi connectivity index (χ1v) is 3.74. The van der Waals surface area contributed by atoms with Crippen molar-refractivity contribution in [1.82, 2.24) is 10.6 Å². The Kier molecular flexibility index (Phi) is 5.32. The Morgan fingerprint density at radius 3 is 2.69 bits per heavy atom. The van der Waals surface area contributed by atoms with E-state index in [9.17, 15) is 9.59 Å². The van der Waals surface area contributed by atoms with Crippen LogP contribution in [0.4, 0.5) is 0 Å². The van der Waals surface area contributed by atoms with Crippen LogP contribution in [0.5, 0.6) is 0 Å². The van der Waals surface area contributed by atoms with Crippen molar-refractivity contribution < 1.29 is 14.7 Å². The van der Waals surface area contributed by atoms with Crippen molar-refractivity contribution in [2.24, 2.45) is 0 Å². The third kappa shape index (κ3) is 5.70. The highest BCUT2D eigenvalue weighted by Crippen LogP contribution is 1.79. The van der Waals surface area contributed by atoms with Gasteiger partial charge in [-0.05, 0) is 6.92 Å². The lowest BCUT2D eigenvalue weighted by molar-refractivity contribution is -0.139. The first-order valence-electron chi connectivity index (χ1n) is 3.74. The van der Waals surface area contributed by atoms with Gasteiger partial charge in [0.2, 0.25) is 5.91 Å². The molecule has 0 aliphatic rings. The summed E-state index contributed by atoms with van der Waals surface area (Å²) in [5.74, 6) is 0.924. The highest BCUT2D eigenvalue weighted by atomic mass is 16.4. The molecule has 0 fully saturated rings. The fourth-order valence-electron chi connectivity index (χ4n) is 0.545. The summed E-state index contributed by atoms with van der Waals surface area (Å²) >= 11 is 0. The van der Waals surface area contributed by atoms with Crippen LogP contribution in [0.3, 0.4) is 0 Å². The highest BCUT2D eigenvalue weighted by Gasteiger charge is 2.10. The van der Waals surface area contributed by atoms with E-state index in [0.29, 0.717) is 0 Å². The van der Waals surface area contributed by atoms with Crippen molar-refractivity contribution in [3.63, 3.8) is 0 Å². The van der Waals surface area contributed by atoms with Crippen LogP contribution < -0.4 is 10.6 Å². The SMILES string of the molecule is C#CCNC(=O)CN[C@@H](C)C(=O)O. The van der Waals surface area contributed by atoms with E-state index in [1.165, 1.54) is 6.92 Å². The minimum Gasteiger partial charge on any atom is -0.480 e. The first kappa shape index (κ1) is 11.5. The summed E-state index contributed by atoms with van der Waals surface area (Å²) in [6, 6.07) is -0.739. The zero-order chi connectivity index (χ0) is 10.3. The average molecular weight is 184 g/mol. The molecule has 0 rings (SSSR count). The van der Waals surface area contributed by atoms with Gasteiger partial charge in [0.1, 0.15) is 6.04 Å². The van der Waals surface area contributed by atoms with Crippen LogP contribution >= 0.6 is 0 Å². The molecule has 0 saturated heterocycles. The van der Waals surface area contributed by atoms with E-state index in [1.54, 1.807) is 0 Å². The molecule has 5 nitrogen and oxygen atoms in total. The van der Waals surface area contributed by atoms with Crippen molar-refractivity contribution in [3.8, 4) is 12.3 Å². The number of carbonyl (C=O) groups excluding carboxylic acids is 1. The number of carboxylic acid groups (broad SMARTS) is 1. The van der Waals surface area contributed by atoms with Gasteiger partial charge < -0.3 is 10.4 Å². The van der Waals surface area contributed by atoms with Crippen molar-refractivity contribution >= 4 is 11.9 Å². The van der Waals surface area contributed by atoms with Crippen molar-refractivity contribution in [1.29, 1.82) is 0 Å². The predicted molar refractivity (Wildman–Crippen MR) is 46.9 cm³/mol. The van der Waals surface area contributed by atoms with E-state index in [-0.39, 0.29) is 19.0 Å². The molecule has 0 aromatic rings. The Bertz CT molecular complexity index is 232. The second-order valence-electron chi connectivity index (χ2n) is 2.42. The average Bonchev–Trinajstić information content (AvgIpc) is 2.10. The number of terminal acetylenes is 1. The second kappa shape index (κ2) is 6.03. The lowest BCUT2D eigenvalue weighted by Gasteiger charge is -2.07. The summed E-state index contributed by atoms with van der Waals surface area (Å²) in [7, 11) is 0. The maximum atomic E-state index is 10.9. The quantitative estimate of drug-likeness (QED) is 0.469. The molecule has 0 radical (unpaired) electrons. The number of amides is 1. The summed E-state index contributed by atoms with van der Waals surface area (Å²) in [6.45, 7) is 1.56. The number of carbonyl (C=O) groups is 2. The highest BCUT2D eigenvalue weighted by molar-refractivity contribution is 5.79. The van der Waals surface area contributed by atoms with Crippen LogP contribution in [0.1, 0.15) is 6.92 Å². The predicted octanol–water partition coefficient (Wildman–Crippen LogP) is -1.20. The van der Waals surface area contributed by atoms with Crippen LogP contribution in [-0.4, -0.2) is 36.1 Å². The van der Waals surface area contributed by atoms with Gasteiger partial charge in [0, 0.05) is 0 Å². The van der Waals surface area contributed by atoms with Crippen LogP contribution in [-0.2, 0) is 9.59 Å². The van der Waals surface area contributed by atoms with Crippen LogP contribution in [0.25, 0.3) is 0 Å². The molecule has 0 aromatic heterocycles. The number of carboxylic acids is 1. The molecule has 0 aliphatic heterocycles. The molecule has 1 atom stereocenters. The van der Waals surface area contributed by atoms with Gasteiger partial charge in [0.05, 0.1) is 13.1 Å². The smallest absolute Gasteiger partial charge is 0.320 e. The van der Waals surface area contributed by atoms with Crippen LogP contribution in [0.15, 0.2) is 0 Å². The van der Waals surface area contributed by atoms with Crippen molar-refractivity contribution in [3.05, 3.63) is 0 Å². The monoisotopic (exact) mass is 184 g/mol. The number of hydrogen-bond donors (Lipinski definition) is 3. The fraction of sp³-hybridized carbons (Fsp3) is 0.500. The standard InChI is InChI=1S/C8H12N2O3/c1-3-4-9-7(11)5-10-6(2)8(12)13/h1,6,10H,4-5H2,2H3,(H,9,11)(H,12,13)/t6-/m0/s1. The molecule has 0 spiro atoms. The van der Waals surface area contributed by atoms with E-state index >= 15 is 0 Å². The largest absolute Gasteiger partial charge is 0.480 e. The van der Waals surface area contributed by atoms with Gasteiger partial charge in [0.15, 0.2) is 0 Å². The Balaban J connectivity index is 3.59. The third-order valence-corrected chi connectivity index (χ3v) is 1.33. The van der Waals surface area contributed by atoms with Gasteiger partial charge in [-0.15, -0.1) is 6.42 Å². The molecule has 0 saturated carbocycles. The van der Waals surface area contributed by atoms with Gasteiger partial charge in [-0.3, -0.25) is 14.9 Å². The molecule has 0 aromatic carbocycles. The number of aliphatic carboxylic acids is 1. The van der Waals surface area contributed by atoms with Gasteiger partial charge in [-0.2, -0.15) is 0 Å². The minimum atomic E-state index is -0.996.